The van der Waals surface area contributed by atoms with Crippen LogP contribution in [0, 0.1) is 0 Å². The number of aromatic hydroxyl groups is 1. The number of thioether (sulfide) groups is 1. The van der Waals surface area contributed by atoms with Crippen molar-refractivity contribution in [3.8, 4) is 5.75 Å². The van der Waals surface area contributed by atoms with Crippen molar-refractivity contribution in [1.82, 2.24) is 0 Å². The normalized spacial score (nSPS) is 15.3. The van der Waals surface area contributed by atoms with Crippen molar-refractivity contribution >= 4 is 17.5 Å². The number of hydrogen-bond donors (Lipinski definition) is 1. The van der Waals surface area contributed by atoms with Gasteiger partial charge in [-0.15, -0.1) is 0 Å². The van der Waals surface area contributed by atoms with Gasteiger partial charge in [-0.05, 0) is 30.3 Å². The average Bonchev–Trinajstić information content (AvgIpc) is 2.52. The minimum atomic E-state index is -4.42. The molecule has 6 heteroatoms. The summed E-state index contributed by atoms with van der Waals surface area (Å²) >= 11 is -0.313. The topological polar surface area (TPSA) is 37.3 Å². The lowest BCUT2D eigenvalue weighted by Gasteiger charge is -2.10. The second-order valence-electron chi connectivity index (χ2n) is 3.41. The fourth-order valence-corrected chi connectivity index (χ4v) is 2.47. The molecule has 0 heterocycles. The molecule has 86 valence electrons. The molecule has 1 N–H and O–H groups in total. The summed E-state index contributed by atoms with van der Waals surface area (Å²) in [6.07, 6.45) is 0.477. The third-order valence-corrected chi connectivity index (χ3v) is 3.15. The van der Waals surface area contributed by atoms with Gasteiger partial charge in [0.2, 0.25) is 0 Å². The van der Waals surface area contributed by atoms with Gasteiger partial charge < -0.3 is 5.11 Å². The number of phenolic OH excluding ortho intramolecular Hbond substituents is 1. The van der Waals surface area contributed by atoms with Gasteiger partial charge in [0, 0.05) is 22.4 Å². The molecule has 2 rings (SSSR count). The number of phenols is 1. The molecule has 16 heavy (non-hydrogen) atoms. The molecule has 0 saturated carbocycles. The predicted octanol–water partition coefficient (Wildman–Crippen LogP) is 3.13. The highest BCUT2D eigenvalue weighted by atomic mass is 32.2. The zero-order valence-corrected chi connectivity index (χ0v) is 8.78. The molecule has 0 amide bonds. The second kappa shape index (κ2) is 3.69. The lowest BCUT2D eigenvalue weighted by Crippen LogP contribution is -2.03. The van der Waals surface area contributed by atoms with Crippen LogP contribution in [0.1, 0.15) is 22.3 Å². The van der Waals surface area contributed by atoms with E-state index >= 15 is 0 Å². The van der Waals surface area contributed by atoms with E-state index in [0.29, 0.717) is 12.0 Å². The summed E-state index contributed by atoms with van der Waals surface area (Å²) in [6.45, 7) is 0. The summed E-state index contributed by atoms with van der Waals surface area (Å²) in [6, 6.07) is 2.33. The standard InChI is InChI=1S/C10H7F3O2S/c11-10(12,13)16-8-4-3-6(14)5-1-2-7(15)9(5)8/h3-4,14H,1-2H2. The maximum Gasteiger partial charge on any atom is 0.446 e. The molecular formula is C10H7F3O2S. The highest BCUT2D eigenvalue weighted by molar-refractivity contribution is 8.00. The molecule has 0 spiro atoms. The van der Waals surface area contributed by atoms with Crippen LogP contribution >= 0.6 is 11.8 Å². The van der Waals surface area contributed by atoms with E-state index in [-0.39, 0.29) is 40.2 Å². The number of ketones is 1. The van der Waals surface area contributed by atoms with Gasteiger partial charge in [-0.1, -0.05) is 0 Å². The largest absolute Gasteiger partial charge is 0.508 e. The number of Topliss-reactive ketones (excluding diaryl/α,β-unsaturated/α-hetero) is 1. The maximum absolute atomic E-state index is 12.2. The summed E-state index contributed by atoms with van der Waals surface area (Å²) in [5.41, 5.74) is -4.06. The van der Waals surface area contributed by atoms with E-state index in [2.05, 4.69) is 0 Å². The number of carbonyl (C=O) groups is 1. The zero-order valence-electron chi connectivity index (χ0n) is 7.97. The average molecular weight is 248 g/mol. The van der Waals surface area contributed by atoms with Gasteiger partial charge >= 0.3 is 5.51 Å². The molecule has 0 aliphatic heterocycles. The smallest absolute Gasteiger partial charge is 0.446 e. The Morgan fingerprint density at radius 2 is 1.94 bits per heavy atom. The van der Waals surface area contributed by atoms with Gasteiger partial charge in [0.25, 0.3) is 0 Å². The van der Waals surface area contributed by atoms with Crippen molar-refractivity contribution in [1.29, 1.82) is 0 Å². The van der Waals surface area contributed by atoms with Crippen molar-refractivity contribution in [2.24, 2.45) is 0 Å². The monoisotopic (exact) mass is 248 g/mol. The Balaban J connectivity index is 2.49. The first kappa shape index (κ1) is 11.3. The number of alkyl halides is 3. The van der Waals surface area contributed by atoms with Crippen LogP contribution < -0.4 is 0 Å². The maximum atomic E-state index is 12.2. The van der Waals surface area contributed by atoms with E-state index in [9.17, 15) is 23.1 Å². The molecule has 0 radical (unpaired) electrons. The molecule has 1 aliphatic rings. The van der Waals surface area contributed by atoms with Crippen LogP contribution in [0.2, 0.25) is 0 Å². The Kier molecular flexibility index (Phi) is 2.61. The van der Waals surface area contributed by atoms with E-state index in [4.69, 9.17) is 0 Å². The van der Waals surface area contributed by atoms with Crippen molar-refractivity contribution in [2.75, 3.05) is 0 Å². The first-order valence-corrected chi connectivity index (χ1v) is 5.34. The Labute approximate surface area is 93.5 Å². The van der Waals surface area contributed by atoms with Gasteiger partial charge in [-0.2, -0.15) is 13.2 Å². The van der Waals surface area contributed by atoms with Gasteiger partial charge in [-0.25, -0.2) is 0 Å². The summed E-state index contributed by atoms with van der Waals surface area (Å²) in [5.74, 6) is -0.440. The van der Waals surface area contributed by atoms with Gasteiger partial charge in [0.1, 0.15) is 5.75 Å². The summed E-state index contributed by atoms with van der Waals surface area (Å²) < 4.78 is 36.7. The summed E-state index contributed by atoms with van der Waals surface area (Å²) in [7, 11) is 0. The summed E-state index contributed by atoms with van der Waals surface area (Å²) in [4.78, 5) is 11.3. The molecule has 1 aromatic carbocycles. The molecule has 0 unspecified atom stereocenters. The van der Waals surface area contributed by atoms with Crippen LogP contribution in [-0.2, 0) is 6.42 Å². The molecule has 1 aliphatic carbocycles. The molecular weight excluding hydrogens is 241 g/mol. The Morgan fingerprint density at radius 3 is 2.56 bits per heavy atom. The summed E-state index contributed by atoms with van der Waals surface area (Å²) in [5, 5.41) is 9.43. The van der Waals surface area contributed by atoms with Crippen LogP contribution in [0.4, 0.5) is 13.2 Å². The van der Waals surface area contributed by atoms with Gasteiger partial charge in [0.05, 0.1) is 0 Å². The molecule has 0 saturated heterocycles. The predicted molar refractivity (Wildman–Crippen MR) is 52.7 cm³/mol. The molecule has 2 nitrogen and oxygen atoms in total. The fourth-order valence-electron chi connectivity index (χ4n) is 1.75. The van der Waals surface area contributed by atoms with Crippen molar-refractivity contribution in [3.63, 3.8) is 0 Å². The molecule has 0 aromatic heterocycles. The molecule has 1 aromatic rings. The van der Waals surface area contributed by atoms with Crippen molar-refractivity contribution < 1.29 is 23.1 Å². The van der Waals surface area contributed by atoms with Gasteiger partial charge in [0.15, 0.2) is 5.78 Å². The Hall–Kier alpha value is -1.17. The van der Waals surface area contributed by atoms with E-state index in [1.54, 1.807) is 0 Å². The minimum absolute atomic E-state index is 0.0299. The number of hydrogen-bond acceptors (Lipinski definition) is 3. The zero-order chi connectivity index (χ0) is 11.9. The Morgan fingerprint density at radius 1 is 1.25 bits per heavy atom. The van der Waals surface area contributed by atoms with Crippen LogP contribution in [0.5, 0.6) is 5.75 Å². The first-order valence-electron chi connectivity index (χ1n) is 4.52. The highest BCUT2D eigenvalue weighted by Gasteiger charge is 2.34. The second-order valence-corrected chi connectivity index (χ2v) is 4.51. The number of carbonyl (C=O) groups excluding carboxylic acids is 1. The van der Waals surface area contributed by atoms with E-state index in [1.165, 1.54) is 6.07 Å². The van der Waals surface area contributed by atoms with Crippen molar-refractivity contribution in [3.05, 3.63) is 23.3 Å². The van der Waals surface area contributed by atoms with Crippen LogP contribution in [0.15, 0.2) is 17.0 Å². The van der Waals surface area contributed by atoms with Crippen LogP contribution in [-0.4, -0.2) is 16.4 Å². The number of halogens is 3. The van der Waals surface area contributed by atoms with Gasteiger partial charge in [-0.3, -0.25) is 4.79 Å². The molecule has 0 fully saturated rings. The number of fused-ring (bicyclic) bond motifs is 1. The molecule has 0 bridgehead atoms. The third-order valence-electron chi connectivity index (χ3n) is 2.36. The van der Waals surface area contributed by atoms with Crippen LogP contribution in [0.3, 0.4) is 0 Å². The lowest BCUT2D eigenvalue weighted by molar-refractivity contribution is -0.0328. The van der Waals surface area contributed by atoms with E-state index in [0.717, 1.165) is 6.07 Å². The Bertz CT molecular complexity index is 454. The first-order chi connectivity index (χ1) is 7.38. The fraction of sp³-hybridized carbons (Fsp3) is 0.300. The lowest BCUT2D eigenvalue weighted by atomic mass is 10.1. The molecule has 0 atom stereocenters. The third kappa shape index (κ3) is 2.02. The number of rotatable bonds is 1. The highest BCUT2D eigenvalue weighted by Crippen LogP contribution is 2.43. The van der Waals surface area contributed by atoms with Crippen molar-refractivity contribution in [2.45, 2.75) is 23.2 Å². The SMILES string of the molecule is O=C1CCc2c(O)ccc(SC(F)(F)F)c21. The number of benzene rings is 1. The van der Waals surface area contributed by atoms with E-state index in [1.807, 2.05) is 0 Å². The quantitative estimate of drug-likeness (QED) is 0.776. The van der Waals surface area contributed by atoms with Crippen LogP contribution in [0.25, 0.3) is 0 Å². The van der Waals surface area contributed by atoms with E-state index < -0.39 is 5.51 Å². The minimum Gasteiger partial charge on any atom is -0.508 e.